The number of hydrogen-bond donors (Lipinski definition) is 2. The predicted octanol–water partition coefficient (Wildman–Crippen LogP) is 5.77. The highest BCUT2D eigenvalue weighted by Gasteiger charge is 2.27. The molecule has 2 amide bonds. The maximum atomic E-state index is 12.9. The lowest BCUT2D eigenvalue weighted by atomic mass is 10.0. The lowest BCUT2D eigenvalue weighted by Crippen LogP contribution is -2.34. The van der Waals surface area contributed by atoms with Crippen molar-refractivity contribution in [3.63, 3.8) is 0 Å². The van der Waals surface area contributed by atoms with E-state index >= 15 is 0 Å². The average Bonchev–Trinajstić information content (AvgIpc) is 3.18. The highest BCUT2D eigenvalue weighted by atomic mass is 35.5. The molecule has 0 aliphatic carbocycles. The summed E-state index contributed by atoms with van der Waals surface area (Å²) in [5, 5.41) is 15.9. The van der Waals surface area contributed by atoms with Gasteiger partial charge in [-0.1, -0.05) is 60.9 Å². The summed E-state index contributed by atoms with van der Waals surface area (Å²) >= 11 is 13.5. The molecule has 1 heterocycles. The van der Waals surface area contributed by atoms with Crippen LogP contribution in [0.5, 0.6) is 0 Å². The van der Waals surface area contributed by atoms with E-state index in [-0.39, 0.29) is 28.5 Å². The van der Waals surface area contributed by atoms with Gasteiger partial charge in [0.05, 0.1) is 22.4 Å². The van der Waals surface area contributed by atoms with E-state index in [1.54, 1.807) is 12.1 Å². The van der Waals surface area contributed by atoms with Crippen LogP contribution >= 0.6 is 35.0 Å². The molecule has 3 rings (SSSR count). The molecule has 0 bridgehead atoms. The van der Waals surface area contributed by atoms with Crippen LogP contribution in [0.15, 0.2) is 47.6 Å². The molecule has 0 radical (unpaired) electrons. The molecule has 1 atom stereocenters. The van der Waals surface area contributed by atoms with Gasteiger partial charge >= 0.3 is 0 Å². The van der Waals surface area contributed by atoms with Crippen molar-refractivity contribution in [2.24, 2.45) is 5.92 Å². The Kier molecular flexibility index (Phi) is 8.99. The van der Waals surface area contributed by atoms with Crippen LogP contribution < -0.4 is 10.6 Å². The summed E-state index contributed by atoms with van der Waals surface area (Å²) in [6.45, 7) is 8.51. The number of aryl methyl sites for hydroxylation is 1. The fraction of sp³-hybridized carbons (Fsp3) is 0.333. The maximum Gasteiger partial charge on any atom is 0.253 e. The van der Waals surface area contributed by atoms with Gasteiger partial charge in [0, 0.05) is 17.3 Å². The first-order valence-corrected chi connectivity index (χ1v) is 12.6. The zero-order valence-electron chi connectivity index (χ0n) is 19.4. The zero-order chi connectivity index (χ0) is 24.8. The van der Waals surface area contributed by atoms with Crippen LogP contribution in [-0.2, 0) is 11.3 Å². The van der Waals surface area contributed by atoms with Crippen molar-refractivity contribution < 1.29 is 9.59 Å². The molecule has 3 aromatic rings. The summed E-state index contributed by atoms with van der Waals surface area (Å²) in [5.41, 5.74) is 2.16. The molecule has 1 aromatic heterocycles. The third-order valence-electron chi connectivity index (χ3n) is 5.10. The summed E-state index contributed by atoms with van der Waals surface area (Å²) < 4.78 is 1.92. The summed E-state index contributed by atoms with van der Waals surface area (Å²) in [6, 6.07) is 12.0. The van der Waals surface area contributed by atoms with E-state index in [0.29, 0.717) is 28.1 Å². The monoisotopic (exact) mass is 519 g/mol. The van der Waals surface area contributed by atoms with Crippen molar-refractivity contribution in [2.45, 2.75) is 45.4 Å². The smallest absolute Gasteiger partial charge is 0.253 e. The van der Waals surface area contributed by atoms with E-state index in [1.165, 1.54) is 17.8 Å². The van der Waals surface area contributed by atoms with Gasteiger partial charge in [-0.25, -0.2) is 0 Å². The third kappa shape index (κ3) is 6.52. The van der Waals surface area contributed by atoms with Crippen molar-refractivity contribution in [2.75, 3.05) is 11.1 Å². The second-order valence-electron chi connectivity index (χ2n) is 8.11. The number of benzene rings is 2. The van der Waals surface area contributed by atoms with E-state index in [9.17, 15) is 9.59 Å². The van der Waals surface area contributed by atoms with Crippen LogP contribution in [0, 0.1) is 12.8 Å². The van der Waals surface area contributed by atoms with Gasteiger partial charge in [0.25, 0.3) is 5.91 Å². The first-order chi connectivity index (χ1) is 16.2. The number of halogens is 2. The lowest BCUT2D eigenvalue weighted by molar-refractivity contribution is -0.113. The van der Waals surface area contributed by atoms with Crippen molar-refractivity contribution in [3.8, 4) is 0 Å². The van der Waals surface area contributed by atoms with Gasteiger partial charge in [0.2, 0.25) is 5.91 Å². The van der Waals surface area contributed by atoms with Gasteiger partial charge in [-0.15, -0.1) is 10.2 Å². The number of carbonyl (C=O) groups is 2. The zero-order valence-corrected chi connectivity index (χ0v) is 21.8. The first-order valence-electron chi connectivity index (χ1n) is 10.9. The summed E-state index contributed by atoms with van der Waals surface area (Å²) in [7, 11) is 0. The first kappa shape index (κ1) is 26.1. The Morgan fingerprint density at radius 3 is 2.53 bits per heavy atom. The van der Waals surface area contributed by atoms with Crippen molar-refractivity contribution in [1.29, 1.82) is 0 Å². The fourth-order valence-corrected chi connectivity index (χ4v) is 4.71. The van der Waals surface area contributed by atoms with Crippen molar-refractivity contribution >= 4 is 52.5 Å². The number of rotatable bonds is 9. The van der Waals surface area contributed by atoms with E-state index in [2.05, 4.69) is 20.8 Å². The Morgan fingerprint density at radius 1 is 1.12 bits per heavy atom. The Hall–Kier alpha value is -2.55. The number of anilines is 1. The van der Waals surface area contributed by atoms with Crippen LogP contribution in [0.4, 0.5) is 5.69 Å². The van der Waals surface area contributed by atoms with E-state index in [0.717, 1.165) is 11.3 Å². The minimum Gasteiger partial charge on any atom is -0.342 e. The minimum atomic E-state index is -0.401. The van der Waals surface area contributed by atoms with Crippen LogP contribution in [0.1, 0.15) is 48.6 Å². The molecule has 0 saturated heterocycles. The van der Waals surface area contributed by atoms with Crippen LogP contribution in [0.2, 0.25) is 10.0 Å². The molecule has 0 saturated carbocycles. The van der Waals surface area contributed by atoms with E-state index in [4.69, 9.17) is 23.2 Å². The number of amides is 2. The Balaban J connectivity index is 1.73. The summed E-state index contributed by atoms with van der Waals surface area (Å²) in [4.78, 5) is 25.4. The largest absolute Gasteiger partial charge is 0.342 e. The van der Waals surface area contributed by atoms with Crippen molar-refractivity contribution in [1.82, 2.24) is 20.1 Å². The quantitative estimate of drug-likeness (QED) is 0.350. The molecule has 0 fully saturated rings. The summed E-state index contributed by atoms with van der Waals surface area (Å²) in [5.74, 6) is 0.390. The normalized spacial score (nSPS) is 12.0. The molecule has 180 valence electrons. The van der Waals surface area contributed by atoms with Gasteiger partial charge in [-0.05, 0) is 55.7 Å². The maximum absolute atomic E-state index is 12.9. The van der Waals surface area contributed by atoms with E-state index in [1.807, 2.05) is 56.5 Å². The average molecular weight is 520 g/mol. The number of nitrogens with zero attached hydrogens (tertiary/aromatic N) is 3. The van der Waals surface area contributed by atoms with Gasteiger partial charge in [-0.3, -0.25) is 9.59 Å². The molecule has 10 heteroatoms. The highest BCUT2D eigenvalue weighted by molar-refractivity contribution is 7.99. The lowest BCUT2D eigenvalue weighted by Gasteiger charge is -2.22. The minimum absolute atomic E-state index is 0.0343. The predicted molar refractivity (Wildman–Crippen MR) is 138 cm³/mol. The number of aromatic nitrogens is 3. The molecule has 34 heavy (non-hydrogen) atoms. The molecule has 0 aliphatic rings. The standard InChI is InChI=1S/C24H27Cl2N5O2S/c1-5-31-22(21(14(2)3)28-23(33)18-10-9-16(25)12-19(18)26)29-30-24(31)34-13-20(32)27-17-8-6-7-15(4)11-17/h6-12,14,21H,5,13H2,1-4H3,(H,27,32)(H,28,33)/t21-/m0/s1. The van der Waals surface area contributed by atoms with Gasteiger partial charge < -0.3 is 15.2 Å². The van der Waals surface area contributed by atoms with Crippen LogP contribution in [0.3, 0.4) is 0 Å². The Morgan fingerprint density at radius 2 is 1.88 bits per heavy atom. The summed E-state index contributed by atoms with van der Waals surface area (Å²) in [6.07, 6.45) is 0. The molecule has 2 N–H and O–H groups in total. The number of nitrogens with one attached hydrogen (secondary N) is 2. The molecule has 0 unspecified atom stereocenters. The molecule has 7 nitrogen and oxygen atoms in total. The number of thioether (sulfide) groups is 1. The second kappa shape index (κ2) is 11.7. The fourth-order valence-electron chi connectivity index (χ4n) is 3.41. The van der Waals surface area contributed by atoms with Gasteiger partial charge in [0.15, 0.2) is 11.0 Å². The molecule has 0 spiro atoms. The van der Waals surface area contributed by atoms with Gasteiger partial charge in [0.1, 0.15) is 0 Å². The Bertz CT molecular complexity index is 1180. The van der Waals surface area contributed by atoms with Crippen LogP contribution in [0.25, 0.3) is 0 Å². The molecular weight excluding hydrogens is 493 g/mol. The van der Waals surface area contributed by atoms with Crippen LogP contribution in [-0.4, -0.2) is 32.3 Å². The molecular formula is C24H27Cl2N5O2S. The second-order valence-corrected chi connectivity index (χ2v) is 9.90. The van der Waals surface area contributed by atoms with Gasteiger partial charge in [-0.2, -0.15) is 0 Å². The SMILES string of the molecule is CCn1c(SCC(=O)Nc2cccc(C)c2)nnc1[C@@H](NC(=O)c1ccc(Cl)cc1Cl)C(C)C. The Labute approximate surface area is 213 Å². The third-order valence-corrected chi connectivity index (χ3v) is 6.62. The highest BCUT2D eigenvalue weighted by Crippen LogP contribution is 2.27. The number of hydrogen-bond acceptors (Lipinski definition) is 5. The van der Waals surface area contributed by atoms with Crippen molar-refractivity contribution in [3.05, 3.63) is 69.5 Å². The topological polar surface area (TPSA) is 88.9 Å². The molecule has 0 aliphatic heterocycles. The number of carbonyl (C=O) groups excluding carboxylic acids is 2. The van der Waals surface area contributed by atoms with E-state index < -0.39 is 6.04 Å². The molecule has 2 aromatic carbocycles.